The number of H-pyrrole nitrogens is 1. The summed E-state index contributed by atoms with van der Waals surface area (Å²) in [5.41, 5.74) is -3.36. The van der Waals surface area contributed by atoms with Gasteiger partial charge in [0.25, 0.3) is 5.92 Å². The van der Waals surface area contributed by atoms with E-state index >= 15 is 0 Å². The zero-order chi connectivity index (χ0) is 17.9. The summed E-state index contributed by atoms with van der Waals surface area (Å²) in [4.78, 5) is 2.24. The van der Waals surface area contributed by atoms with Gasteiger partial charge in [-0.05, 0) is 17.7 Å². The summed E-state index contributed by atoms with van der Waals surface area (Å²) in [6.45, 7) is 0. The molecule has 2 aromatic rings. The van der Waals surface area contributed by atoms with Gasteiger partial charge < -0.3 is 10.1 Å². The number of halogens is 7. The number of aromatic nitrogens is 1. The van der Waals surface area contributed by atoms with E-state index in [2.05, 4.69) is 4.98 Å². The standard InChI is InChI=1S/C15H10F7NO/c16-7-1-6(2-8(17)4-7)3-9-12(15(20,21)22)11-10(23-9)5-14(18,19)13(11)24/h1-2,4,13,23-24H,3,5H2. The van der Waals surface area contributed by atoms with Crippen LogP contribution in [0, 0.1) is 11.6 Å². The van der Waals surface area contributed by atoms with Crippen LogP contribution in [0.1, 0.15) is 34.2 Å². The predicted molar refractivity (Wildman–Crippen MR) is 68.6 cm³/mol. The topological polar surface area (TPSA) is 36.0 Å². The molecular weight excluding hydrogens is 343 g/mol. The molecule has 0 saturated carbocycles. The van der Waals surface area contributed by atoms with Crippen LogP contribution < -0.4 is 0 Å². The molecule has 1 aliphatic rings. The zero-order valence-corrected chi connectivity index (χ0v) is 11.8. The lowest BCUT2D eigenvalue weighted by atomic mass is 10.0. The first-order chi connectivity index (χ1) is 11.0. The van der Waals surface area contributed by atoms with Crippen molar-refractivity contribution < 1.29 is 35.8 Å². The van der Waals surface area contributed by atoms with Crippen molar-refractivity contribution in [2.45, 2.75) is 31.0 Å². The van der Waals surface area contributed by atoms with E-state index in [9.17, 15) is 35.8 Å². The lowest BCUT2D eigenvalue weighted by Gasteiger charge is -2.17. The molecule has 2 nitrogen and oxygen atoms in total. The summed E-state index contributed by atoms with van der Waals surface area (Å²) in [5.74, 6) is -5.64. The first-order valence-corrected chi connectivity index (χ1v) is 6.80. The summed E-state index contributed by atoms with van der Waals surface area (Å²) < 4.78 is 93.2. The fourth-order valence-electron chi connectivity index (χ4n) is 2.98. The van der Waals surface area contributed by atoms with Crippen molar-refractivity contribution in [1.82, 2.24) is 4.98 Å². The molecule has 2 N–H and O–H groups in total. The highest BCUT2D eigenvalue weighted by Gasteiger charge is 2.53. The average molecular weight is 353 g/mol. The molecule has 1 heterocycles. The SMILES string of the molecule is OC1c2c([nH]c(Cc3cc(F)cc(F)c3)c2C(F)(F)F)CC1(F)F. The van der Waals surface area contributed by atoms with Gasteiger partial charge in [-0.2, -0.15) is 13.2 Å². The fraction of sp³-hybridized carbons (Fsp3) is 0.333. The maximum absolute atomic E-state index is 13.5. The number of fused-ring (bicyclic) bond motifs is 1. The second kappa shape index (κ2) is 5.23. The molecule has 24 heavy (non-hydrogen) atoms. The van der Waals surface area contributed by atoms with Crippen LogP contribution in [0.4, 0.5) is 30.7 Å². The molecule has 1 aliphatic carbocycles. The molecule has 1 atom stereocenters. The van der Waals surface area contributed by atoms with E-state index in [-0.39, 0.29) is 5.56 Å². The van der Waals surface area contributed by atoms with E-state index in [1.165, 1.54) is 0 Å². The molecule has 1 aromatic heterocycles. The monoisotopic (exact) mass is 353 g/mol. The Morgan fingerprint density at radius 1 is 1.12 bits per heavy atom. The van der Waals surface area contributed by atoms with Crippen LogP contribution in [0.3, 0.4) is 0 Å². The van der Waals surface area contributed by atoms with Crippen LogP contribution in [0.2, 0.25) is 0 Å². The maximum atomic E-state index is 13.5. The van der Waals surface area contributed by atoms with Crippen molar-refractivity contribution in [2.75, 3.05) is 0 Å². The van der Waals surface area contributed by atoms with Crippen LogP contribution in [-0.2, 0) is 19.0 Å². The minimum atomic E-state index is -5.01. The van der Waals surface area contributed by atoms with Crippen LogP contribution in [0.15, 0.2) is 18.2 Å². The van der Waals surface area contributed by atoms with Crippen LogP contribution >= 0.6 is 0 Å². The van der Waals surface area contributed by atoms with Gasteiger partial charge in [0.05, 0.1) is 12.0 Å². The Labute approximate surface area is 130 Å². The molecule has 0 amide bonds. The maximum Gasteiger partial charge on any atom is 0.418 e. The van der Waals surface area contributed by atoms with E-state index in [1.54, 1.807) is 0 Å². The van der Waals surface area contributed by atoms with Crippen molar-refractivity contribution in [3.63, 3.8) is 0 Å². The Hall–Kier alpha value is -2.03. The van der Waals surface area contributed by atoms with Gasteiger partial charge in [-0.3, -0.25) is 0 Å². The second-order valence-electron chi connectivity index (χ2n) is 5.66. The van der Waals surface area contributed by atoms with Gasteiger partial charge in [-0.25, -0.2) is 17.6 Å². The highest BCUT2D eigenvalue weighted by Crippen LogP contribution is 2.49. The van der Waals surface area contributed by atoms with Gasteiger partial charge >= 0.3 is 6.18 Å². The van der Waals surface area contributed by atoms with Crippen molar-refractivity contribution in [3.8, 4) is 0 Å². The summed E-state index contributed by atoms with van der Waals surface area (Å²) in [5, 5.41) is 9.53. The average Bonchev–Trinajstić information content (AvgIpc) is 2.82. The molecular formula is C15H10F7NO. The predicted octanol–water partition coefficient (Wildman–Crippen LogP) is 4.13. The summed E-state index contributed by atoms with van der Waals surface area (Å²) in [6, 6.07) is 2.26. The zero-order valence-electron chi connectivity index (χ0n) is 11.8. The number of benzene rings is 1. The first-order valence-electron chi connectivity index (χ1n) is 6.80. The van der Waals surface area contributed by atoms with Gasteiger partial charge in [0.15, 0.2) is 0 Å². The fourth-order valence-corrected chi connectivity index (χ4v) is 2.98. The van der Waals surface area contributed by atoms with Gasteiger partial charge in [0, 0.05) is 29.4 Å². The number of hydrogen-bond donors (Lipinski definition) is 2. The molecule has 1 aromatic carbocycles. The number of nitrogens with one attached hydrogen (secondary N) is 1. The molecule has 0 spiro atoms. The second-order valence-corrected chi connectivity index (χ2v) is 5.66. The van der Waals surface area contributed by atoms with Crippen molar-refractivity contribution in [2.24, 2.45) is 0 Å². The summed E-state index contributed by atoms with van der Waals surface area (Å²) in [6.07, 6.45) is -9.20. The van der Waals surface area contributed by atoms with Crippen LogP contribution in [0.25, 0.3) is 0 Å². The molecule has 1 unspecified atom stereocenters. The Kier molecular flexibility index (Phi) is 3.67. The highest BCUT2D eigenvalue weighted by molar-refractivity contribution is 5.47. The molecule has 9 heteroatoms. The van der Waals surface area contributed by atoms with Crippen molar-refractivity contribution >= 4 is 0 Å². The molecule has 0 bridgehead atoms. The Bertz CT molecular complexity index is 774. The molecule has 0 saturated heterocycles. The normalized spacial score (nSPS) is 19.6. The number of alkyl halides is 5. The number of hydrogen-bond acceptors (Lipinski definition) is 1. The van der Waals surface area contributed by atoms with E-state index in [1.807, 2.05) is 0 Å². The lowest BCUT2D eigenvalue weighted by Crippen LogP contribution is -2.24. The third-order valence-electron chi connectivity index (χ3n) is 3.87. The third kappa shape index (κ3) is 2.77. The number of aliphatic hydroxyl groups is 1. The van der Waals surface area contributed by atoms with Gasteiger partial charge in [0.2, 0.25) is 0 Å². The first kappa shape index (κ1) is 16.8. The summed E-state index contributed by atoms with van der Waals surface area (Å²) >= 11 is 0. The van der Waals surface area contributed by atoms with Gasteiger partial charge in [-0.15, -0.1) is 0 Å². The lowest BCUT2D eigenvalue weighted by molar-refractivity contribution is -0.142. The number of aliphatic hydroxyl groups excluding tert-OH is 1. The quantitative estimate of drug-likeness (QED) is 0.783. The van der Waals surface area contributed by atoms with Gasteiger partial charge in [-0.1, -0.05) is 0 Å². The Morgan fingerprint density at radius 3 is 2.25 bits per heavy atom. The largest absolute Gasteiger partial charge is 0.418 e. The molecule has 130 valence electrons. The minimum absolute atomic E-state index is 0.0980. The minimum Gasteiger partial charge on any atom is -0.382 e. The Balaban J connectivity index is 2.09. The van der Waals surface area contributed by atoms with Crippen LogP contribution in [0.5, 0.6) is 0 Å². The van der Waals surface area contributed by atoms with Crippen molar-refractivity contribution in [1.29, 1.82) is 0 Å². The van der Waals surface area contributed by atoms with Crippen molar-refractivity contribution in [3.05, 3.63) is 57.9 Å². The highest BCUT2D eigenvalue weighted by atomic mass is 19.4. The molecule has 0 radical (unpaired) electrons. The smallest absolute Gasteiger partial charge is 0.382 e. The van der Waals surface area contributed by atoms with E-state index < -0.39 is 65.2 Å². The summed E-state index contributed by atoms with van der Waals surface area (Å²) in [7, 11) is 0. The van der Waals surface area contributed by atoms with E-state index in [0.717, 1.165) is 12.1 Å². The number of aromatic amines is 1. The molecule has 3 rings (SSSR count). The Morgan fingerprint density at radius 2 is 1.71 bits per heavy atom. The molecule has 0 fully saturated rings. The van der Waals surface area contributed by atoms with Crippen LogP contribution in [-0.4, -0.2) is 16.0 Å². The van der Waals surface area contributed by atoms with E-state index in [0.29, 0.717) is 6.07 Å². The molecule has 0 aliphatic heterocycles. The number of rotatable bonds is 2. The third-order valence-corrected chi connectivity index (χ3v) is 3.87. The van der Waals surface area contributed by atoms with Gasteiger partial charge in [0.1, 0.15) is 17.7 Å². The van der Waals surface area contributed by atoms with E-state index in [4.69, 9.17) is 0 Å².